The number of nitrogen functional groups attached to an aromatic ring is 1. The van der Waals surface area contributed by atoms with Crippen LogP contribution in [0.5, 0.6) is 5.75 Å². The summed E-state index contributed by atoms with van der Waals surface area (Å²) in [4.78, 5) is 11.8. The molecule has 0 amide bonds. The molecule has 38 heavy (non-hydrogen) atoms. The molecular weight excluding hydrogens is 547 g/mol. The Hall–Kier alpha value is -3.63. The maximum atomic E-state index is 11.8. The smallest absolute Gasteiger partial charge is 0.337 e. The van der Waals surface area contributed by atoms with Crippen LogP contribution in [0.25, 0.3) is 11.3 Å². The molecule has 0 atom stereocenters. The van der Waals surface area contributed by atoms with Gasteiger partial charge >= 0.3 is 5.97 Å². The molecule has 1 saturated carbocycles. The Labute approximate surface area is 234 Å². The molecule has 0 unspecified atom stereocenters. The topological polar surface area (TPSA) is 87.6 Å². The lowest BCUT2D eigenvalue weighted by Crippen LogP contribution is -2.02. The van der Waals surface area contributed by atoms with Gasteiger partial charge in [-0.05, 0) is 55.3 Å². The molecule has 1 aliphatic rings. The SMILES string of the molecule is COC(=O)c1cc(N)cc(C#Cc2ccc(OCc3c(-c4c(Cl)cccc4Cl)noc3C3CC3)cc2Cl)c1. The number of aromatic nitrogens is 1. The minimum atomic E-state index is -0.488. The summed E-state index contributed by atoms with van der Waals surface area (Å²) >= 11 is 19.4. The quantitative estimate of drug-likeness (QED) is 0.147. The number of nitrogens with two attached hydrogens (primary N) is 1. The van der Waals surface area contributed by atoms with Crippen molar-refractivity contribution in [1.29, 1.82) is 0 Å². The van der Waals surface area contributed by atoms with E-state index in [2.05, 4.69) is 17.0 Å². The predicted molar refractivity (Wildman–Crippen MR) is 148 cm³/mol. The summed E-state index contributed by atoms with van der Waals surface area (Å²) < 4.78 is 16.5. The van der Waals surface area contributed by atoms with Crippen LogP contribution in [0, 0.1) is 11.8 Å². The summed E-state index contributed by atoms with van der Waals surface area (Å²) in [5.41, 5.74) is 9.78. The van der Waals surface area contributed by atoms with E-state index in [1.807, 2.05) is 0 Å². The fraction of sp³-hybridized carbons (Fsp3) is 0.172. The van der Waals surface area contributed by atoms with Gasteiger partial charge in [-0.3, -0.25) is 0 Å². The Morgan fingerprint density at radius 3 is 2.50 bits per heavy atom. The van der Waals surface area contributed by atoms with Crippen molar-refractivity contribution in [2.45, 2.75) is 25.4 Å². The van der Waals surface area contributed by atoms with Gasteiger partial charge in [-0.15, -0.1) is 0 Å². The highest BCUT2D eigenvalue weighted by Gasteiger charge is 2.33. The van der Waals surface area contributed by atoms with Crippen LogP contribution in [0.15, 0.2) is 59.1 Å². The Morgan fingerprint density at radius 2 is 1.82 bits per heavy atom. The van der Waals surface area contributed by atoms with Crippen molar-refractivity contribution in [3.63, 3.8) is 0 Å². The Morgan fingerprint density at radius 1 is 1.05 bits per heavy atom. The zero-order valence-corrected chi connectivity index (χ0v) is 22.5. The summed E-state index contributed by atoms with van der Waals surface area (Å²) in [5, 5.41) is 5.67. The van der Waals surface area contributed by atoms with E-state index in [4.69, 9.17) is 54.5 Å². The molecule has 0 saturated heterocycles. The number of methoxy groups -OCH3 is 1. The molecule has 0 bridgehead atoms. The van der Waals surface area contributed by atoms with Gasteiger partial charge in [0.1, 0.15) is 23.8 Å². The van der Waals surface area contributed by atoms with E-state index in [-0.39, 0.29) is 6.61 Å². The van der Waals surface area contributed by atoms with Crippen molar-refractivity contribution in [2.75, 3.05) is 12.8 Å². The van der Waals surface area contributed by atoms with Crippen LogP contribution in [0.2, 0.25) is 15.1 Å². The minimum absolute atomic E-state index is 0.202. The molecule has 3 aromatic carbocycles. The molecule has 0 spiro atoms. The Kier molecular flexibility index (Phi) is 7.53. The number of ether oxygens (including phenoxy) is 2. The molecule has 0 radical (unpaired) electrons. The molecule has 192 valence electrons. The number of rotatable bonds is 6. The standard InChI is InChI=1S/C29H21Cl3N2O4/c1-36-29(35)19-11-16(12-20(33)13-19)5-6-17-9-10-21(14-25(17)32)37-15-22-27(34-38-28(22)18-7-8-18)26-23(30)3-2-4-24(26)31/h2-4,9-14,18H,7-8,15,33H2,1H3. The van der Waals surface area contributed by atoms with Gasteiger partial charge in [-0.1, -0.05) is 57.9 Å². The molecule has 2 N–H and O–H groups in total. The molecule has 9 heteroatoms. The molecule has 1 aliphatic carbocycles. The van der Waals surface area contributed by atoms with E-state index < -0.39 is 5.97 Å². The zero-order chi connectivity index (χ0) is 26.8. The van der Waals surface area contributed by atoms with Gasteiger partial charge in [0.05, 0.1) is 33.3 Å². The van der Waals surface area contributed by atoms with Gasteiger partial charge in [0.2, 0.25) is 0 Å². The largest absolute Gasteiger partial charge is 0.489 e. The molecule has 1 heterocycles. The van der Waals surface area contributed by atoms with E-state index >= 15 is 0 Å². The molecule has 1 fully saturated rings. The minimum Gasteiger partial charge on any atom is -0.489 e. The lowest BCUT2D eigenvalue weighted by Gasteiger charge is -2.10. The van der Waals surface area contributed by atoms with Crippen LogP contribution in [-0.4, -0.2) is 18.2 Å². The number of esters is 1. The number of carbonyl (C=O) groups excluding carboxylic acids is 1. The fourth-order valence-electron chi connectivity index (χ4n) is 3.99. The second-order valence-electron chi connectivity index (χ2n) is 8.76. The molecular formula is C29H21Cl3N2O4. The zero-order valence-electron chi connectivity index (χ0n) is 20.2. The fourth-order valence-corrected chi connectivity index (χ4v) is 4.78. The highest BCUT2D eigenvalue weighted by Crippen LogP contribution is 2.46. The number of nitrogens with zero attached hydrogens (tertiary/aromatic N) is 1. The van der Waals surface area contributed by atoms with Gasteiger partial charge in [-0.25, -0.2) is 4.79 Å². The van der Waals surface area contributed by atoms with Gasteiger partial charge < -0.3 is 19.7 Å². The predicted octanol–water partition coefficient (Wildman–Crippen LogP) is 7.53. The number of hydrogen-bond donors (Lipinski definition) is 1. The third-order valence-electron chi connectivity index (χ3n) is 6.01. The first-order valence-electron chi connectivity index (χ1n) is 11.7. The summed E-state index contributed by atoms with van der Waals surface area (Å²) in [7, 11) is 1.31. The molecule has 0 aliphatic heterocycles. The molecule has 4 aromatic rings. The van der Waals surface area contributed by atoms with Crippen LogP contribution < -0.4 is 10.5 Å². The molecule has 6 nitrogen and oxygen atoms in total. The van der Waals surface area contributed by atoms with E-state index in [1.165, 1.54) is 13.2 Å². The van der Waals surface area contributed by atoms with Crippen molar-refractivity contribution < 1.29 is 18.8 Å². The number of hydrogen-bond acceptors (Lipinski definition) is 6. The van der Waals surface area contributed by atoms with E-state index in [0.29, 0.717) is 60.4 Å². The average molecular weight is 568 g/mol. The number of benzene rings is 3. The maximum absolute atomic E-state index is 11.8. The number of halogens is 3. The van der Waals surface area contributed by atoms with Crippen molar-refractivity contribution in [3.05, 3.63) is 97.7 Å². The second kappa shape index (κ2) is 11.0. The first kappa shape index (κ1) is 26.0. The van der Waals surface area contributed by atoms with Gasteiger partial charge in [0.15, 0.2) is 0 Å². The van der Waals surface area contributed by atoms with Crippen molar-refractivity contribution in [2.24, 2.45) is 0 Å². The van der Waals surface area contributed by atoms with Crippen LogP contribution in [-0.2, 0) is 11.3 Å². The summed E-state index contributed by atoms with van der Waals surface area (Å²) in [5.74, 6) is 7.17. The van der Waals surface area contributed by atoms with Gasteiger partial charge in [0.25, 0.3) is 0 Å². The maximum Gasteiger partial charge on any atom is 0.337 e. The van der Waals surface area contributed by atoms with Crippen LogP contribution in [0.3, 0.4) is 0 Å². The first-order valence-corrected chi connectivity index (χ1v) is 12.8. The third kappa shape index (κ3) is 5.61. The van der Waals surface area contributed by atoms with Gasteiger partial charge in [0, 0.05) is 34.4 Å². The van der Waals surface area contributed by atoms with E-state index in [9.17, 15) is 4.79 Å². The summed E-state index contributed by atoms with van der Waals surface area (Å²) in [6, 6.07) is 15.4. The van der Waals surface area contributed by atoms with Crippen LogP contribution in [0.1, 0.15) is 51.6 Å². The van der Waals surface area contributed by atoms with E-state index in [0.717, 1.165) is 24.2 Å². The highest BCUT2D eigenvalue weighted by molar-refractivity contribution is 6.39. The first-order chi connectivity index (χ1) is 18.3. The van der Waals surface area contributed by atoms with Crippen molar-refractivity contribution in [1.82, 2.24) is 5.16 Å². The van der Waals surface area contributed by atoms with Gasteiger partial charge in [-0.2, -0.15) is 0 Å². The monoisotopic (exact) mass is 566 g/mol. The third-order valence-corrected chi connectivity index (χ3v) is 6.95. The van der Waals surface area contributed by atoms with Crippen LogP contribution >= 0.6 is 34.8 Å². The van der Waals surface area contributed by atoms with Crippen molar-refractivity contribution >= 4 is 46.5 Å². The Bertz CT molecular complexity index is 1580. The highest BCUT2D eigenvalue weighted by atomic mass is 35.5. The van der Waals surface area contributed by atoms with Crippen LogP contribution in [0.4, 0.5) is 5.69 Å². The lowest BCUT2D eigenvalue weighted by molar-refractivity contribution is 0.0600. The number of carbonyl (C=O) groups is 1. The lowest BCUT2D eigenvalue weighted by atomic mass is 10.0. The van der Waals surface area contributed by atoms with E-state index in [1.54, 1.807) is 48.5 Å². The molecule has 5 rings (SSSR count). The molecule has 1 aromatic heterocycles. The average Bonchev–Trinajstić information content (AvgIpc) is 3.66. The normalized spacial score (nSPS) is 12.5. The number of anilines is 1. The second-order valence-corrected chi connectivity index (χ2v) is 9.98. The van der Waals surface area contributed by atoms with Crippen molar-refractivity contribution in [3.8, 4) is 28.8 Å². The summed E-state index contributed by atoms with van der Waals surface area (Å²) in [6.07, 6.45) is 2.07. The Balaban J connectivity index is 1.37. The summed E-state index contributed by atoms with van der Waals surface area (Å²) in [6.45, 7) is 0.202.